The van der Waals surface area contributed by atoms with Gasteiger partial charge in [-0.1, -0.05) is 57.7 Å². The van der Waals surface area contributed by atoms with Gasteiger partial charge in [0.15, 0.2) is 5.78 Å². The van der Waals surface area contributed by atoms with E-state index in [1.54, 1.807) is 26.8 Å². The lowest BCUT2D eigenvalue weighted by atomic mass is 9.53. The molecule has 1 aromatic rings. The third-order valence-electron chi connectivity index (χ3n) is 9.16. The van der Waals surface area contributed by atoms with Crippen LogP contribution in [0.25, 0.3) is 6.08 Å². The summed E-state index contributed by atoms with van der Waals surface area (Å²) in [5.74, 6) is -1.74. The second-order valence-corrected chi connectivity index (χ2v) is 11.8. The van der Waals surface area contributed by atoms with E-state index in [-0.39, 0.29) is 24.2 Å². The van der Waals surface area contributed by atoms with Crippen LogP contribution < -0.4 is 0 Å². The highest BCUT2D eigenvalue weighted by molar-refractivity contribution is 5.98. The zero-order valence-corrected chi connectivity index (χ0v) is 22.0. The average Bonchev–Trinajstić information content (AvgIpc) is 2.84. The summed E-state index contributed by atoms with van der Waals surface area (Å²) in [6.45, 7) is 11.0. The summed E-state index contributed by atoms with van der Waals surface area (Å²) in [4.78, 5) is 25.6. The summed E-state index contributed by atoms with van der Waals surface area (Å²) in [5.41, 5.74) is -2.11. The second kappa shape index (κ2) is 9.62. The third-order valence-corrected chi connectivity index (χ3v) is 9.16. The van der Waals surface area contributed by atoms with Crippen molar-refractivity contribution in [2.24, 2.45) is 16.7 Å². The van der Waals surface area contributed by atoms with Crippen LogP contribution in [0.5, 0.6) is 0 Å². The van der Waals surface area contributed by atoms with Crippen LogP contribution in [0.1, 0.15) is 58.9 Å². The van der Waals surface area contributed by atoms with Crippen molar-refractivity contribution in [1.29, 1.82) is 0 Å². The monoisotopic (exact) mass is 510 g/mol. The molecule has 0 radical (unpaired) electrons. The fraction of sp³-hybridized carbons (Fsp3) is 0.533. The fourth-order valence-corrected chi connectivity index (χ4v) is 6.88. The Morgan fingerprint density at radius 2 is 1.78 bits per heavy atom. The molecular weight excluding hydrogens is 472 g/mol. The molecule has 4 rings (SSSR count). The van der Waals surface area contributed by atoms with Crippen molar-refractivity contribution in [1.82, 2.24) is 0 Å². The van der Waals surface area contributed by atoms with Crippen LogP contribution in [0, 0.1) is 16.7 Å². The van der Waals surface area contributed by atoms with E-state index in [2.05, 4.69) is 6.58 Å². The molecule has 7 nitrogen and oxygen atoms in total. The highest BCUT2D eigenvalue weighted by Crippen LogP contribution is 2.58. The number of allylic oxidation sites excluding steroid dienone is 1. The zero-order valence-electron chi connectivity index (χ0n) is 22.0. The number of Topliss-reactive ketones (excluding diaryl/α,β-unsaturated/α-hetero) is 1. The van der Waals surface area contributed by atoms with Crippen molar-refractivity contribution < 1.29 is 34.8 Å². The van der Waals surface area contributed by atoms with Gasteiger partial charge in [0.1, 0.15) is 17.8 Å². The minimum atomic E-state index is -1.93. The molecule has 0 heterocycles. The van der Waals surface area contributed by atoms with Crippen molar-refractivity contribution in [3.63, 3.8) is 0 Å². The number of aliphatic hydroxyl groups is 4. The summed E-state index contributed by atoms with van der Waals surface area (Å²) in [7, 11) is 0. The Bertz CT molecular complexity index is 1150. The number of benzene rings is 1. The SMILES string of the molecule is C=C1[C@@H](OC(=O)/C=C/c2ccccc2)CC[C@@]2(C)C[C@@H](O)[C@H](O)C3=C(C)C(=O)C[C@@](O)([C@@H](O)[C@H]12)C3(C)C. The number of hydrogen-bond donors (Lipinski definition) is 4. The van der Waals surface area contributed by atoms with Gasteiger partial charge in [0.25, 0.3) is 0 Å². The lowest BCUT2D eigenvalue weighted by Gasteiger charge is -2.55. The lowest BCUT2D eigenvalue weighted by Crippen LogP contribution is -2.63. The average molecular weight is 511 g/mol. The topological polar surface area (TPSA) is 124 Å². The molecule has 0 amide bonds. The standard InChI is InChI=1S/C30H38O7/c1-17-20(31)16-30(36)27(35)25-18(2)22(37-23(33)12-11-19-9-7-6-8-10-19)13-14-29(25,5)15-21(32)26(34)24(17)28(30,3)4/h6-12,21-22,25-27,32,34-36H,2,13-16H2,1,3-5H3/b12-11+/t21-,22+,25+,26+,27+,29+,30-/m1/s1. The Morgan fingerprint density at radius 1 is 1.14 bits per heavy atom. The molecule has 7 heteroatoms. The molecule has 2 saturated carbocycles. The van der Waals surface area contributed by atoms with Crippen molar-refractivity contribution in [2.45, 2.75) is 83.4 Å². The van der Waals surface area contributed by atoms with Gasteiger partial charge in [0, 0.05) is 23.8 Å². The zero-order chi connectivity index (χ0) is 27.3. The summed E-state index contributed by atoms with van der Waals surface area (Å²) in [5, 5.41) is 46.2. The molecule has 3 aliphatic carbocycles. The number of hydrogen-bond acceptors (Lipinski definition) is 7. The predicted octanol–water partition coefficient (Wildman–Crippen LogP) is 3.12. The van der Waals surface area contributed by atoms with Crippen LogP contribution in [-0.2, 0) is 14.3 Å². The Morgan fingerprint density at radius 3 is 2.43 bits per heavy atom. The minimum Gasteiger partial charge on any atom is -0.455 e. The van der Waals surface area contributed by atoms with Crippen molar-refractivity contribution in [2.75, 3.05) is 0 Å². The maximum absolute atomic E-state index is 13.0. The predicted molar refractivity (Wildman–Crippen MR) is 139 cm³/mol. The molecule has 4 N–H and O–H groups in total. The first kappa shape index (κ1) is 27.5. The van der Waals surface area contributed by atoms with Gasteiger partial charge in [0.2, 0.25) is 0 Å². The first-order valence-corrected chi connectivity index (χ1v) is 12.9. The number of rotatable bonds is 3. The second-order valence-electron chi connectivity index (χ2n) is 11.8. The molecule has 0 saturated heterocycles. The number of carbonyl (C=O) groups excluding carboxylic acids is 2. The molecule has 0 spiro atoms. The van der Waals surface area contributed by atoms with Crippen LogP contribution in [-0.4, -0.2) is 62.2 Å². The van der Waals surface area contributed by atoms with Crippen molar-refractivity contribution >= 4 is 17.8 Å². The van der Waals surface area contributed by atoms with Gasteiger partial charge in [-0.3, -0.25) is 4.79 Å². The van der Waals surface area contributed by atoms with Gasteiger partial charge in [-0.05, 0) is 60.0 Å². The van der Waals surface area contributed by atoms with Gasteiger partial charge in [-0.25, -0.2) is 4.79 Å². The molecule has 2 bridgehead atoms. The minimum absolute atomic E-state index is 0.112. The van der Waals surface area contributed by atoms with Crippen molar-refractivity contribution in [3.8, 4) is 0 Å². The number of fused-ring (bicyclic) bond motifs is 3. The smallest absolute Gasteiger partial charge is 0.331 e. The van der Waals surface area contributed by atoms with E-state index in [4.69, 9.17) is 4.74 Å². The van der Waals surface area contributed by atoms with Crippen LogP contribution in [0.4, 0.5) is 0 Å². The summed E-state index contributed by atoms with van der Waals surface area (Å²) in [6, 6.07) is 9.33. The molecule has 0 unspecified atom stereocenters. The highest BCUT2D eigenvalue weighted by atomic mass is 16.5. The van der Waals surface area contributed by atoms with E-state index in [0.29, 0.717) is 24.0 Å². The Balaban J connectivity index is 1.69. The van der Waals surface area contributed by atoms with Gasteiger partial charge < -0.3 is 25.2 Å². The van der Waals surface area contributed by atoms with Gasteiger partial charge in [-0.15, -0.1) is 0 Å². The summed E-state index contributed by atoms with van der Waals surface area (Å²) >= 11 is 0. The quantitative estimate of drug-likeness (QED) is 0.280. The lowest BCUT2D eigenvalue weighted by molar-refractivity contribution is -0.183. The highest BCUT2D eigenvalue weighted by Gasteiger charge is 2.63. The van der Waals surface area contributed by atoms with E-state index in [9.17, 15) is 30.0 Å². The maximum Gasteiger partial charge on any atom is 0.331 e. The molecule has 1 aromatic carbocycles. The molecule has 200 valence electrons. The van der Waals surface area contributed by atoms with Gasteiger partial charge in [0.05, 0.1) is 12.2 Å². The number of esters is 1. The fourth-order valence-electron chi connectivity index (χ4n) is 6.88. The van der Waals surface area contributed by atoms with Crippen LogP contribution in [0.2, 0.25) is 0 Å². The van der Waals surface area contributed by atoms with E-state index >= 15 is 0 Å². The van der Waals surface area contributed by atoms with Crippen molar-refractivity contribution in [3.05, 3.63) is 65.3 Å². The van der Waals surface area contributed by atoms with Crippen LogP contribution in [0.15, 0.2) is 59.7 Å². The largest absolute Gasteiger partial charge is 0.455 e. The van der Waals surface area contributed by atoms with Gasteiger partial charge >= 0.3 is 5.97 Å². The molecular formula is C30H38O7. The third kappa shape index (κ3) is 4.52. The molecule has 2 fully saturated rings. The molecule has 7 atom stereocenters. The van der Waals surface area contributed by atoms with Crippen LogP contribution in [0.3, 0.4) is 0 Å². The Labute approximate surface area is 218 Å². The first-order chi connectivity index (χ1) is 17.2. The number of ketones is 1. The van der Waals surface area contributed by atoms with E-state index in [1.807, 2.05) is 37.3 Å². The number of ether oxygens (including phenoxy) is 1. The van der Waals surface area contributed by atoms with Gasteiger partial charge in [-0.2, -0.15) is 0 Å². The summed E-state index contributed by atoms with van der Waals surface area (Å²) < 4.78 is 5.74. The molecule has 0 aromatic heterocycles. The number of aliphatic hydroxyl groups excluding tert-OH is 3. The maximum atomic E-state index is 13.0. The van der Waals surface area contributed by atoms with E-state index in [1.165, 1.54) is 6.08 Å². The Kier molecular flexibility index (Phi) is 7.14. The summed E-state index contributed by atoms with van der Waals surface area (Å²) in [6.07, 6.45) is -1.14. The number of carbonyl (C=O) groups is 2. The first-order valence-electron chi connectivity index (χ1n) is 12.9. The van der Waals surface area contributed by atoms with Crippen LogP contribution >= 0.6 is 0 Å². The van der Waals surface area contributed by atoms with E-state index < -0.39 is 52.7 Å². The normalized spacial score (nSPS) is 38.0. The molecule has 3 aliphatic rings. The van der Waals surface area contributed by atoms with E-state index in [0.717, 1.165) is 5.56 Å². The Hall–Kier alpha value is -2.58. The molecule has 0 aliphatic heterocycles. The molecule has 37 heavy (non-hydrogen) atoms.